The molecule has 3 aliphatic carbocycles. The molecule has 2 bridgehead atoms. The minimum atomic E-state index is 0.307. The van der Waals surface area contributed by atoms with Crippen LogP contribution in [0.2, 0.25) is 0 Å². The Hall–Kier alpha value is -3.29. The van der Waals surface area contributed by atoms with Crippen LogP contribution in [0.5, 0.6) is 5.88 Å². The molecule has 0 atom stereocenters. The third-order valence-electron chi connectivity index (χ3n) is 6.54. The second-order valence-corrected chi connectivity index (χ2v) is 8.52. The molecule has 158 valence electrons. The van der Waals surface area contributed by atoms with E-state index in [4.69, 9.17) is 9.84 Å². The Morgan fingerprint density at radius 2 is 1.74 bits per heavy atom. The molecule has 1 saturated carbocycles. The maximum absolute atomic E-state index is 6.28. The standard InChI is InChI=1S/C23H25N7O/c1-2-12-29-14-24-18(27-29)13-31-23-20-16-10-8-15(9-11-16)19(20)22-26-25-21(30(22)28-23)17-6-4-3-5-7-17/h3-7,14-16H,2,8-13H2,1H3. The fourth-order valence-electron chi connectivity index (χ4n) is 5.13. The van der Waals surface area contributed by atoms with E-state index >= 15 is 0 Å². The zero-order chi connectivity index (χ0) is 20.8. The summed E-state index contributed by atoms with van der Waals surface area (Å²) in [7, 11) is 0. The van der Waals surface area contributed by atoms with Gasteiger partial charge in [-0.2, -0.15) is 9.61 Å². The monoisotopic (exact) mass is 415 g/mol. The molecule has 0 amide bonds. The molecule has 31 heavy (non-hydrogen) atoms. The number of aromatic nitrogens is 7. The van der Waals surface area contributed by atoms with E-state index in [2.05, 4.69) is 27.2 Å². The lowest BCUT2D eigenvalue weighted by molar-refractivity contribution is 0.260. The minimum Gasteiger partial charge on any atom is -0.468 e. The lowest BCUT2D eigenvalue weighted by Gasteiger charge is -2.38. The van der Waals surface area contributed by atoms with Crippen molar-refractivity contribution in [2.45, 2.75) is 64.0 Å². The zero-order valence-electron chi connectivity index (χ0n) is 17.6. The van der Waals surface area contributed by atoms with Gasteiger partial charge in [-0.05, 0) is 43.9 Å². The third-order valence-corrected chi connectivity index (χ3v) is 6.54. The average Bonchev–Trinajstić information content (AvgIpc) is 3.46. The van der Waals surface area contributed by atoms with E-state index in [1.807, 2.05) is 39.5 Å². The van der Waals surface area contributed by atoms with Crippen LogP contribution in [0.1, 0.15) is 67.8 Å². The fourth-order valence-corrected chi connectivity index (χ4v) is 5.13. The Balaban J connectivity index is 1.44. The molecule has 1 fully saturated rings. The molecule has 3 aliphatic rings. The van der Waals surface area contributed by atoms with Crippen molar-refractivity contribution in [3.63, 3.8) is 0 Å². The van der Waals surface area contributed by atoms with Crippen LogP contribution in [0.15, 0.2) is 36.7 Å². The highest BCUT2D eigenvalue weighted by molar-refractivity contribution is 5.65. The molecule has 0 radical (unpaired) electrons. The molecule has 0 aliphatic heterocycles. The predicted octanol–water partition coefficient (Wildman–Crippen LogP) is 4.13. The molecule has 3 heterocycles. The summed E-state index contributed by atoms with van der Waals surface area (Å²) in [6.07, 6.45) is 7.57. The van der Waals surface area contributed by atoms with Gasteiger partial charge in [0.2, 0.25) is 5.88 Å². The highest BCUT2D eigenvalue weighted by atomic mass is 16.5. The Bertz CT molecular complexity index is 1220. The summed E-state index contributed by atoms with van der Waals surface area (Å²) >= 11 is 0. The summed E-state index contributed by atoms with van der Waals surface area (Å²) in [6, 6.07) is 10.1. The summed E-state index contributed by atoms with van der Waals surface area (Å²) in [5, 5.41) is 18.5. The molecule has 0 spiro atoms. The van der Waals surface area contributed by atoms with E-state index in [0.29, 0.717) is 30.1 Å². The normalized spacial score (nSPS) is 19.6. The van der Waals surface area contributed by atoms with Gasteiger partial charge in [-0.15, -0.1) is 15.3 Å². The molecule has 1 aromatic carbocycles. The topological polar surface area (TPSA) is 83.0 Å². The summed E-state index contributed by atoms with van der Waals surface area (Å²) < 4.78 is 10.0. The molecule has 0 saturated heterocycles. The van der Waals surface area contributed by atoms with Gasteiger partial charge in [-0.25, -0.2) is 4.98 Å². The number of rotatable bonds is 6. The number of ether oxygens (including phenoxy) is 1. The Kier molecular flexibility index (Phi) is 4.44. The van der Waals surface area contributed by atoms with Gasteiger partial charge in [0.1, 0.15) is 6.33 Å². The number of nitrogens with zero attached hydrogens (tertiary/aromatic N) is 7. The molecule has 3 aromatic heterocycles. The van der Waals surface area contributed by atoms with Crippen LogP contribution in [0.25, 0.3) is 17.0 Å². The van der Waals surface area contributed by atoms with Gasteiger partial charge >= 0.3 is 0 Å². The number of aryl methyl sites for hydroxylation is 1. The minimum absolute atomic E-state index is 0.307. The first kappa shape index (κ1) is 18.5. The maximum Gasteiger partial charge on any atom is 0.236 e. The van der Waals surface area contributed by atoms with Crippen molar-refractivity contribution in [2.24, 2.45) is 0 Å². The molecule has 0 unspecified atom stereocenters. The second-order valence-electron chi connectivity index (χ2n) is 8.52. The number of hydrogen-bond acceptors (Lipinski definition) is 6. The molecule has 8 nitrogen and oxygen atoms in total. The van der Waals surface area contributed by atoms with Crippen molar-refractivity contribution in [1.29, 1.82) is 0 Å². The zero-order valence-corrected chi connectivity index (χ0v) is 17.6. The van der Waals surface area contributed by atoms with E-state index < -0.39 is 0 Å². The predicted molar refractivity (Wildman–Crippen MR) is 115 cm³/mol. The van der Waals surface area contributed by atoms with Crippen LogP contribution in [-0.4, -0.2) is 34.6 Å². The number of fused-ring (bicyclic) bond motifs is 3. The highest BCUT2D eigenvalue weighted by Crippen LogP contribution is 2.53. The SMILES string of the molecule is CCCn1cnc(COc2nn3c(-c4ccccc4)nnc3c3c2C2CCC3CC2)n1. The van der Waals surface area contributed by atoms with Gasteiger partial charge < -0.3 is 4.74 Å². The highest BCUT2D eigenvalue weighted by Gasteiger charge is 2.39. The molecular formula is C23H25N7O. The fraction of sp³-hybridized carbons (Fsp3) is 0.435. The van der Waals surface area contributed by atoms with Crippen LogP contribution in [-0.2, 0) is 13.2 Å². The van der Waals surface area contributed by atoms with Crippen molar-refractivity contribution in [2.75, 3.05) is 0 Å². The molecule has 8 heteroatoms. The second kappa shape index (κ2) is 7.44. The lowest BCUT2D eigenvalue weighted by Crippen LogP contribution is -2.25. The summed E-state index contributed by atoms with van der Waals surface area (Å²) in [5.41, 5.74) is 4.39. The Morgan fingerprint density at radius 3 is 2.52 bits per heavy atom. The van der Waals surface area contributed by atoms with Crippen LogP contribution in [0.3, 0.4) is 0 Å². The van der Waals surface area contributed by atoms with Crippen molar-refractivity contribution in [3.05, 3.63) is 53.6 Å². The van der Waals surface area contributed by atoms with E-state index in [0.717, 1.165) is 30.0 Å². The maximum atomic E-state index is 6.28. The van der Waals surface area contributed by atoms with Crippen LogP contribution < -0.4 is 4.74 Å². The largest absolute Gasteiger partial charge is 0.468 e. The molecule has 0 N–H and O–H groups in total. The van der Waals surface area contributed by atoms with Crippen molar-refractivity contribution < 1.29 is 4.74 Å². The van der Waals surface area contributed by atoms with Crippen LogP contribution >= 0.6 is 0 Å². The quantitative estimate of drug-likeness (QED) is 0.471. The lowest BCUT2D eigenvalue weighted by atomic mass is 9.67. The summed E-state index contributed by atoms with van der Waals surface area (Å²) in [4.78, 5) is 4.39. The van der Waals surface area contributed by atoms with E-state index in [-0.39, 0.29) is 0 Å². The van der Waals surface area contributed by atoms with Crippen molar-refractivity contribution >= 4 is 5.65 Å². The third kappa shape index (κ3) is 3.08. The van der Waals surface area contributed by atoms with Gasteiger partial charge in [-0.3, -0.25) is 4.68 Å². The van der Waals surface area contributed by atoms with Crippen LogP contribution in [0, 0.1) is 0 Å². The summed E-state index contributed by atoms with van der Waals surface area (Å²) in [5.74, 6) is 3.09. The van der Waals surface area contributed by atoms with Gasteiger partial charge in [0.25, 0.3) is 0 Å². The average molecular weight is 416 g/mol. The van der Waals surface area contributed by atoms with E-state index in [9.17, 15) is 0 Å². The first-order chi connectivity index (χ1) is 15.3. The van der Waals surface area contributed by atoms with Gasteiger partial charge in [0, 0.05) is 23.2 Å². The van der Waals surface area contributed by atoms with E-state index in [1.54, 1.807) is 6.33 Å². The Labute approximate surface area is 180 Å². The number of benzene rings is 1. The smallest absolute Gasteiger partial charge is 0.236 e. The van der Waals surface area contributed by atoms with Crippen molar-refractivity contribution in [3.8, 4) is 17.3 Å². The molecule has 7 rings (SSSR count). The number of hydrogen-bond donors (Lipinski definition) is 0. The Morgan fingerprint density at radius 1 is 0.968 bits per heavy atom. The first-order valence-corrected chi connectivity index (χ1v) is 11.2. The van der Waals surface area contributed by atoms with Gasteiger partial charge in [-0.1, -0.05) is 37.3 Å². The molecule has 4 aromatic rings. The van der Waals surface area contributed by atoms with Crippen molar-refractivity contribution in [1.82, 2.24) is 34.6 Å². The van der Waals surface area contributed by atoms with Crippen LogP contribution in [0.4, 0.5) is 0 Å². The molecular weight excluding hydrogens is 390 g/mol. The van der Waals surface area contributed by atoms with Gasteiger partial charge in [0.15, 0.2) is 23.9 Å². The van der Waals surface area contributed by atoms with E-state index in [1.165, 1.54) is 36.8 Å². The first-order valence-electron chi connectivity index (χ1n) is 11.2. The van der Waals surface area contributed by atoms with Gasteiger partial charge in [0.05, 0.1) is 0 Å². The summed E-state index contributed by atoms with van der Waals surface area (Å²) in [6.45, 7) is 3.29.